The van der Waals surface area contributed by atoms with Gasteiger partial charge in [0.1, 0.15) is 6.61 Å². The van der Waals surface area contributed by atoms with Crippen LogP contribution in [0.25, 0.3) is 0 Å². The number of benzene rings is 1. The number of carbonyl (C=O) groups excluding carboxylic acids is 1. The summed E-state index contributed by atoms with van der Waals surface area (Å²) in [6.07, 6.45) is -0.867. The molecule has 0 aliphatic heterocycles. The van der Waals surface area contributed by atoms with Crippen molar-refractivity contribution in [3.63, 3.8) is 0 Å². The molecule has 3 heteroatoms. The number of hydrogen-bond donors (Lipinski definition) is 1. The second kappa shape index (κ2) is 5.32. The highest BCUT2D eigenvalue weighted by atomic mass is 16.5. The van der Waals surface area contributed by atoms with Gasteiger partial charge >= 0.3 is 5.97 Å². The number of ether oxygens (including phenoxy) is 1. The molecule has 0 unspecified atom stereocenters. The molecule has 0 aliphatic rings. The van der Waals surface area contributed by atoms with Gasteiger partial charge in [0.25, 0.3) is 0 Å². The Morgan fingerprint density at radius 3 is 2.60 bits per heavy atom. The van der Waals surface area contributed by atoms with E-state index in [1.54, 1.807) is 0 Å². The molecule has 0 saturated heterocycles. The third-order valence-corrected chi connectivity index (χ3v) is 1.98. The zero-order valence-corrected chi connectivity index (χ0v) is 8.64. The standard InChI is InChI=1S/C12H14O3/c1-9(10(2)13)12(14)15-8-11-6-4-3-5-7-11/h3-7,10,13H,1,8H2,2H3/t10-/m1/s1. The van der Waals surface area contributed by atoms with Crippen LogP contribution in [0.2, 0.25) is 0 Å². The van der Waals surface area contributed by atoms with E-state index in [1.165, 1.54) is 6.92 Å². The van der Waals surface area contributed by atoms with Crippen LogP contribution in [0.1, 0.15) is 12.5 Å². The number of rotatable bonds is 4. The van der Waals surface area contributed by atoms with Crippen LogP contribution in [0, 0.1) is 0 Å². The van der Waals surface area contributed by atoms with Crippen molar-refractivity contribution < 1.29 is 14.6 Å². The topological polar surface area (TPSA) is 46.5 Å². The fourth-order valence-corrected chi connectivity index (χ4v) is 0.986. The Labute approximate surface area is 89.0 Å². The molecule has 1 aromatic carbocycles. The summed E-state index contributed by atoms with van der Waals surface area (Å²) in [7, 11) is 0. The van der Waals surface area contributed by atoms with Gasteiger partial charge in [-0.25, -0.2) is 4.79 Å². The van der Waals surface area contributed by atoms with Gasteiger partial charge < -0.3 is 9.84 Å². The van der Waals surface area contributed by atoms with Crippen LogP contribution in [-0.2, 0) is 16.1 Å². The van der Waals surface area contributed by atoms with E-state index in [0.717, 1.165) is 5.56 Å². The molecule has 0 spiro atoms. The molecule has 1 aromatic rings. The Bertz CT molecular complexity index is 341. The maximum Gasteiger partial charge on any atom is 0.336 e. The van der Waals surface area contributed by atoms with Gasteiger partial charge in [-0.2, -0.15) is 0 Å². The van der Waals surface area contributed by atoms with Crippen molar-refractivity contribution in [1.82, 2.24) is 0 Å². The summed E-state index contributed by atoms with van der Waals surface area (Å²) in [5.41, 5.74) is 0.982. The lowest BCUT2D eigenvalue weighted by molar-refractivity contribution is -0.141. The van der Waals surface area contributed by atoms with Gasteiger partial charge in [0, 0.05) is 0 Å². The van der Waals surface area contributed by atoms with Crippen LogP contribution >= 0.6 is 0 Å². The molecule has 1 atom stereocenters. The quantitative estimate of drug-likeness (QED) is 0.602. The average Bonchev–Trinajstić information content (AvgIpc) is 2.26. The molecule has 0 amide bonds. The Morgan fingerprint density at radius 1 is 1.47 bits per heavy atom. The fourth-order valence-electron chi connectivity index (χ4n) is 0.986. The molecule has 0 bridgehead atoms. The Kier molecular flexibility index (Phi) is 4.06. The molecule has 0 aliphatic carbocycles. The molecule has 80 valence electrons. The monoisotopic (exact) mass is 206 g/mol. The number of esters is 1. The first kappa shape index (κ1) is 11.5. The predicted molar refractivity (Wildman–Crippen MR) is 57.1 cm³/mol. The maximum atomic E-state index is 11.3. The maximum absolute atomic E-state index is 11.3. The van der Waals surface area contributed by atoms with Crippen LogP contribution < -0.4 is 0 Å². The van der Waals surface area contributed by atoms with Crippen molar-refractivity contribution in [2.45, 2.75) is 19.6 Å². The van der Waals surface area contributed by atoms with E-state index in [2.05, 4.69) is 6.58 Å². The van der Waals surface area contributed by atoms with Crippen molar-refractivity contribution in [2.24, 2.45) is 0 Å². The van der Waals surface area contributed by atoms with E-state index < -0.39 is 12.1 Å². The zero-order valence-electron chi connectivity index (χ0n) is 8.64. The highest BCUT2D eigenvalue weighted by Gasteiger charge is 2.13. The van der Waals surface area contributed by atoms with Crippen molar-refractivity contribution >= 4 is 5.97 Å². The summed E-state index contributed by atoms with van der Waals surface area (Å²) in [6.45, 7) is 5.12. The second-order valence-electron chi connectivity index (χ2n) is 3.26. The van der Waals surface area contributed by atoms with Gasteiger partial charge in [0.05, 0.1) is 11.7 Å². The SMILES string of the molecule is C=C(C(=O)OCc1ccccc1)[C@@H](C)O. The Hall–Kier alpha value is -1.61. The fraction of sp³-hybridized carbons (Fsp3) is 0.250. The van der Waals surface area contributed by atoms with Crippen LogP contribution in [0.4, 0.5) is 0 Å². The summed E-state index contributed by atoms with van der Waals surface area (Å²) < 4.78 is 4.95. The molecule has 0 radical (unpaired) electrons. The highest BCUT2D eigenvalue weighted by Crippen LogP contribution is 2.05. The number of aliphatic hydroxyl groups excluding tert-OH is 1. The summed E-state index contributed by atoms with van der Waals surface area (Å²) in [5.74, 6) is -0.561. The Balaban J connectivity index is 2.45. The van der Waals surface area contributed by atoms with Crippen LogP contribution in [-0.4, -0.2) is 17.2 Å². The van der Waals surface area contributed by atoms with Crippen molar-refractivity contribution in [3.8, 4) is 0 Å². The summed E-state index contributed by atoms with van der Waals surface area (Å²) >= 11 is 0. The lowest BCUT2D eigenvalue weighted by atomic mass is 10.2. The van der Waals surface area contributed by atoms with Crippen molar-refractivity contribution in [2.75, 3.05) is 0 Å². The molecule has 0 heterocycles. The molecule has 15 heavy (non-hydrogen) atoms. The summed E-state index contributed by atoms with van der Waals surface area (Å²) in [5, 5.41) is 9.09. The van der Waals surface area contributed by atoms with Crippen LogP contribution in [0.3, 0.4) is 0 Å². The second-order valence-corrected chi connectivity index (χ2v) is 3.26. The molecule has 3 nitrogen and oxygen atoms in total. The van der Waals surface area contributed by atoms with Gasteiger partial charge in [0.2, 0.25) is 0 Å². The molecular formula is C12H14O3. The minimum atomic E-state index is -0.867. The normalized spacial score (nSPS) is 11.9. The average molecular weight is 206 g/mol. The minimum Gasteiger partial charge on any atom is -0.457 e. The van der Waals surface area contributed by atoms with E-state index in [1.807, 2.05) is 30.3 Å². The third-order valence-electron chi connectivity index (χ3n) is 1.98. The van der Waals surface area contributed by atoms with E-state index in [9.17, 15) is 4.79 Å². The third kappa shape index (κ3) is 3.56. The van der Waals surface area contributed by atoms with Crippen molar-refractivity contribution in [1.29, 1.82) is 0 Å². The number of aliphatic hydroxyl groups is 1. The van der Waals surface area contributed by atoms with E-state index in [0.29, 0.717) is 0 Å². The molecule has 0 saturated carbocycles. The first-order chi connectivity index (χ1) is 7.11. The largest absolute Gasteiger partial charge is 0.457 e. The minimum absolute atomic E-state index is 0.0749. The van der Waals surface area contributed by atoms with Gasteiger partial charge in [0.15, 0.2) is 0 Å². The highest BCUT2D eigenvalue weighted by molar-refractivity contribution is 5.88. The molecule has 0 aromatic heterocycles. The van der Waals surface area contributed by atoms with Crippen LogP contribution in [0.15, 0.2) is 42.5 Å². The van der Waals surface area contributed by atoms with E-state index in [4.69, 9.17) is 9.84 Å². The molecule has 1 rings (SSSR count). The van der Waals surface area contributed by atoms with Crippen molar-refractivity contribution in [3.05, 3.63) is 48.0 Å². The van der Waals surface area contributed by atoms with E-state index >= 15 is 0 Å². The lowest BCUT2D eigenvalue weighted by Crippen LogP contribution is -2.16. The lowest BCUT2D eigenvalue weighted by Gasteiger charge is -2.08. The first-order valence-corrected chi connectivity index (χ1v) is 4.69. The van der Waals surface area contributed by atoms with Crippen LogP contribution in [0.5, 0.6) is 0 Å². The van der Waals surface area contributed by atoms with Gasteiger partial charge in [-0.1, -0.05) is 36.9 Å². The van der Waals surface area contributed by atoms with Gasteiger partial charge in [-0.15, -0.1) is 0 Å². The zero-order chi connectivity index (χ0) is 11.3. The van der Waals surface area contributed by atoms with E-state index in [-0.39, 0.29) is 12.2 Å². The molecule has 0 fully saturated rings. The smallest absolute Gasteiger partial charge is 0.336 e. The molecule has 1 N–H and O–H groups in total. The number of hydrogen-bond acceptors (Lipinski definition) is 3. The van der Waals surface area contributed by atoms with Gasteiger partial charge in [-0.3, -0.25) is 0 Å². The first-order valence-electron chi connectivity index (χ1n) is 4.69. The number of carbonyl (C=O) groups is 1. The summed E-state index contributed by atoms with van der Waals surface area (Å²) in [4.78, 5) is 11.3. The predicted octanol–water partition coefficient (Wildman–Crippen LogP) is 1.67. The van der Waals surface area contributed by atoms with Gasteiger partial charge in [-0.05, 0) is 12.5 Å². The summed E-state index contributed by atoms with van der Waals surface area (Å²) in [6, 6.07) is 9.34. The Morgan fingerprint density at radius 2 is 2.07 bits per heavy atom. The molecular weight excluding hydrogens is 192 g/mol.